The third-order valence-electron chi connectivity index (χ3n) is 4.07. The van der Waals surface area contributed by atoms with Gasteiger partial charge in [0.25, 0.3) is 5.91 Å². The van der Waals surface area contributed by atoms with Crippen LogP contribution >= 0.6 is 0 Å². The number of carbonyl (C=O) groups excluding carboxylic acids is 2. The van der Waals surface area contributed by atoms with Crippen LogP contribution in [-0.4, -0.2) is 47.4 Å². The molecule has 1 aromatic carbocycles. The SMILES string of the molecule is CC(=O)N1CCC(CNC(=O)c2ccc(C(=O)O)cc2F)CC1. The molecule has 1 fully saturated rings. The largest absolute Gasteiger partial charge is 0.478 e. The van der Waals surface area contributed by atoms with Gasteiger partial charge >= 0.3 is 5.97 Å². The Hall–Kier alpha value is -2.44. The average Bonchev–Trinajstić information content (AvgIpc) is 2.52. The van der Waals surface area contributed by atoms with Crippen LogP contribution in [0.25, 0.3) is 0 Å². The minimum absolute atomic E-state index is 0.0491. The van der Waals surface area contributed by atoms with Crippen LogP contribution in [0.3, 0.4) is 0 Å². The van der Waals surface area contributed by atoms with Gasteiger partial charge in [0, 0.05) is 26.6 Å². The highest BCUT2D eigenvalue weighted by molar-refractivity contribution is 5.96. The second-order valence-electron chi connectivity index (χ2n) is 5.66. The number of halogens is 1. The second kappa shape index (κ2) is 7.21. The number of carbonyl (C=O) groups is 3. The Morgan fingerprint density at radius 1 is 1.30 bits per heavy atom. The van der Waals surface area contributed by atoms with E-state index >= 15 is 0 Å². The van der Waals surface area contributed by atoms with Gasteiger partial charge in [0.15, 0.2) is 0 Å². The maximum Gasteiger partial charge on any atom is 0.335 e. The number of likely N-dealkylation sites (tertiary alicyclic amines) is 1. The number of carboxylic acids is 1. The Bertz CT molecular complexity index is 625. The normalized spacial score (nSPS) is 15.3. The Kier molecular flexibility index (Phi) is 5.31. The van der Waals surface area contributed by atoms with E-state index in [9.17, 15) is 18.8 Å². The molecule has 2 rings (SSSR count). The molecule has 124 valence electrons. The highest BCUT2D eigenvalue weighted by Gasteiger charge is 2.22. The number of nitrogens with zero attached hydrogens (tertiary/aromatic N) is 1. The molecule has 1 aliphatic heterocycles. The van der Waals surface area contributed by atoms with Gasteiger partial charge in [-0.2, -0.15) is 0 Å². The molecule has 1 heterocycles. The number of rotatable bonds is 4. The maximum absolute atomic E-state index is 13.8. The number of aromatic carboxylic acids is 1. The minimum atomic E-state index is -1.24. The lowest BCUT2D eigenvalue weighted by atomic mass is 9.96. The van der Waals surface area contributed by atoms with E-state index in [4.69, 9.17) is 5.11 Å². The van der Waals surface area contributed by atoms with Crippen LogP contribution in [0.5, 0.6) is 0 Å². The smallest absolute Gasteiger partial charge is 0.335 e. The molecule has 6 nitrogen and oxygen atoms in total. The molecule has 7 heteroatoms. The molecular weight excluding hydrogens is 303 g/mol. The van der Waals surface area contributed by atoms with Gasteiger partial charge in [0.2, 0.25) is 5.91 Å². The first-order valence-corrected chi connectivity index (χ1v) is 7.45. The third kappa shape index (κ3) is 4.28. The second-order valence-corrected chi connectivity index (χ2v) is 5.66. The fourth-order valence-corrected chi connectivity index (χ4v) is 2.62. The summed E-state index contributed by atoms with van der Waals surface area (Å²) in [5, 5.41) is 11.5. The maximum atomic E-state index is 13.8. The molecule has 1 aromatic rings. The third-order valence-corrected chi connectivity index (χ3v) is 4.07. The van der Waals surface area contributed by atoms with Crippen molar-refractivity contribution in [3.05, 3.63) is 35.1 Å². The monoisotopic (exact) mass is 322 g/mol. The van der Waals surface area contributed by atoms with Crippen LogP contribution in [0.15, 0.2) is 18.2 Å². The molecule has 0 saturated carbocycles. The summed E-state index contributed by atoms with van der Waals surface area (Å²) in [6.45, 7) is 3.27. The van der Waals surface area contributed by atoms with Crippen LogP contribution in [0.4, 0.5) is 4.39 Å². The van der Waals surface area contributed by atoms with E-state index in [1.165, 1.54) is 19.1 Å². The lowest BCUT2D eigenvalue weighted by Crippen LogP contribution is -2.40. The van der Waals surface area contributed by atoms with Crippen molar-refractivity contribution in [3.8, 4) is 0 Å². The summed E-state index contributed by atoms with van der Waals surface area (Å²) in [6, 6.07) is 3.21. The van der Waals surface area contributed by atoms with Crippen molar-refractivity contribution < 1.29 is 23.9 Å². The summed E-state index contributed by atoms with van der Waals surface area (Å²) in [5.74, 6) is -2.36. The molecule has 23 heavy (non-hydrogen) atoms. The first kappa shape index (κ1) is 16.9. The van der Waals surface area contributed by atoms with Crippen molar-refractivity contribution in [2.45, 2.75) is 19.8 Å². The van der Waals surface area contributed by atoms with E-state index in [1.54, 1.807) is 4.90 Å². The molecule has 1 aliphatic rings. The fourth-order valence-electron chi connectivity index (χ4n) is 2.62. The van der Waals surface area contributed by atoms with Crippen molar-refractivity contribution in [1.82, 2.24) is 10.2 Å². The molecule has 2 N–H and O–H groups in total. The summed E-state index contributed by atoms with van der Waals surface area (Å²) >= 11 is 0. The number of amides is 2. The lowest BCUT2D eigenvalue weighted by Gasteiger charge is -2.31. The average molecular weight is 322 g/mol. The number of hydrogen-bond donors (Lipinski definition) is 2. The molecule has 0 unspecified atom stereocenters. The van der Waals surface area contributed by atoms with Crippen molar-refractivity contribution in [1.29, 1.82) is 0 Å². The molecule has 0 bridgehead atoms. The van der Waals surface area contributed by atoms with Crippen molar-refractivity contribution in [2.75, 3.05) is 19.6 Å². The highest BCUT2D eigenvalue weighted by Crippen LogP contribution is 2.17. The van der Waals surface area contributed by atoms with E-state index in [0.717, 1.165) is 18.9 Å². The first-order valence-electron chi connectivity index (χ1n) is 7.45. The van der Waals surface area contributed by atoms with Crippen molar-refractivity contribution in [3.63, 3.8) is 0 Å². The molecular formula is C16H19FN2O4. The van der Waals surface area contributed by atoms with Gasteiger partial charge in [-0.1, -0.05) is 0 Å². The zero-order chi connectivity index (χ0) is 17.0. The number of carboxylic acid groups (broad SMARTS) is 1. The van der Waals surface area contributed by atoms with E-state index in [0.29, 0.717) is 19.6 Å². The standard InChI is InChI=1S/C16H19FN2O4/c1-10(20)19-6-4-11(5-7-19)9-18-15(21)13-3-2-12(16(22)23)8-14(13)17/h2-3,8,11H,4-7,9H2,1H3,(H,18,21)(H,22,23). The summed E-state index contributed by atoms with van der Waals surface area (Å²) < 4.78 is 13.8. The molecule has 2 amide bonds. The Morgan fingerprint density at radius 2 is 1.96 bits per heavy atom. The van der Waals surface area contributed by atoms with Crippen LogP contribution in [0.2, 0.25) is 0 Å². The van der Waals surface area contributed by atoms with Gasteiger partial charge in [-0.15, -0.1) is 0 Å². The topological polar surface area (TPSA) is 86.7 Å². The Labute approximate surface area is 133 Å². The summed E-state index contributed by atoms with van der Waals surface area (Å²) in [6.07, 6.45) is 1.58. The predicted molar refractivity (Wildman–Crippen MR) is 80.7 cm³/mol. The number of benzene rings is 1. The van der Waals surface area contributed by atoms with Gasteiger partial charge < -0.3 is 15.3 Å². The van der Waals surface area contributed by atoms with Crippen LogP contribution in [0, 0.1) is 11.7 Å². The van der Waals surface area contributed by atoms with Gasteiger partial charge in [-0.25, -0.2) is 9.18 Å². The van der Waals surface area contributed by atoms with E-state index in [-0.39, 0.29) is 23.0 Å². The van der Waals surface area contributed by atoms with Gasteiger partial charge in [-0.05, 0) is 37.0 Å². The Balaban J connectivity index is 1.88. The van der Waals surface area contributed by atoms with Crippen LogP contribution in [-0.2, 0) is 4.79 Å². The molecule has 1 saturated heterocycles. The minimum Gasteiger partial charge on any atom is -0.478 e. The van der Waals surface area contributed by atoms with Gasteiger partial charge in [0.05, 0.1) is 11.1 Å². The molecule has 0 spiro atoms. The van der Waals surface area contributed by atoms with Gasteiger partial charge in [-0.3, -0.25) is 9.59 Å². The van der Waals surface area contributed by atoms with E-state index in [2.05, 4.69) is 5.32 Å². The predicted octanol–water partition coefficient (Wildman–Crippen LogP) is 1.51. The zero-order valence-corrected chi connectivity index (χ0v) is 12.8. The number of hydrogen-bond acceptors (Lipinski definition) is 3. The van der Waals surface area contributed by atoms with Crippen LogP contribution < -0.4 is 5.32 Å². The first-order chi connectivity index (χ1) is 10.9. The Morgan fingerprint density at radius 3 is 2.48 bits per heavy atom. The molecule has 0 radical (unpaired) electrons. The highest BCUT2D eigenvalue weighted by atomic mass is 19.1. The molecule has 0 aliphatic carbocycles. The molecule has 0 aromatic heterocycles. The number of nitrogens with one attached hydrogen (secondary N) is 1. The van der Waals surface area contributed by atoms with Crippen molar-refractivity contribution >= 4 is 17.8 Å². The van der Waals surface area contributed by atoms with Crippen molar-refractivity contribution in [2.24, 2.45) is 5.92 Å². The lowest BCUT2D eigenvalue weighted by molar-refractivity contribution is -0.130. The summed E-state index contributed by atoms with van der Waals surface area (Å²) in [4.78, 5) is 35.8. The summed E-state index contributed by atoms with van der Waals surface area (Å²) in [7, 11) is 0. The number of piperidine rings is 1. The fraction of sp³-hybridized carbons (Fsp3) is 0.438. The summed E-state index contributed by atoms with van der Waals surface area (Å²) in [5.41, 5.74) is -0.369. The van der Waals surface area contributed by atoms with Gasteiger partial charge in [0.1, 0.15) is 5.82 Å². The van der Waals surface area contributed by atoms with Crippen LogP contribution in [0.1, 0.15) is 40.5 Å². The van der Waals surface area contributed by atoms with E-state index < -0.39 is 17.7 Å². The zero-order valence-electron chi connectivity index (χ0n) is 12.8. The van der Waals surface area contributed by atoms with E-state index in [1.807, 2.05) is 0 Å². The quantitative estimate of drug-likeness (QED) is 0.880. The molecule has 0 atom stereocenters.